The fourth-order valence-corrected chi connectivity index (χ4v) is 2.81. The molecule has 2 aromatic rings. The number of methoxy groups -OCH3 is 2. The average molecular weight is 389 g/mol. The number of hydrogen-bond acceptors (Lipinski definition) is 6. The van der Waals surface area contributed by atoms with Crippen molar-refractivity contribution >= 4 is 5.91 Å². The summed E-state index contributed by atoms with van der Waals surface area (Å²) in [5, 5.41) is 0. The molecule has 152 valence electrons. The Bertz CT molecular complexity index is 872. The van der Waals surface area contributed by atoms with E-state index in [1.165, 1.54) is 0 Å². The summed E-state index contributed by atoms with van der Waals surface area (Å²) in [4.78, 5) is 23.6. The van der Waals surface area contributed by atoms with Gasteiger partial charge in [-0.1, -0.05) is 13.8 Å². The van der Waals surface area contributed by atoms with Gasteiger partial charge < -0.3 is 24.4 Å². The highest BCUT2D eigenvalue weighted by Gasteiger charge is 2.18. The van der Waals surface area contributed by atoms with E-state index in [1.807, 2.05) is 13.8 Å². The Balaban J connectivity index is 2.46. The zero-order valence-corrected chi connectivity index (χ0v) is 16.7. The second kappa shape index (κ2) is 9.94. The van der Waals surface area contributed by atoms with Gasteiger partial charge in [0.25, 0.3) is 0 Å². The fraction of sp³-hybridized carbons (Fsp3) is 0.429. The molecule has 0 unspecified atom stereocenters. The predicted octanol–water partition coefficient (Wildman–Crippen LogP) is 2.88. The quantitative estimate of drug-likeness (QED) is 0.627. The van der Waals surface area contributed by atoms with Crippen molar-refractivity contribution in [3.05, 3.63) is 45.8 Å². The maximum atomic E-state index is 12.3. The van der Waals surface area contributed by atoms with Crippen LogP contribution in [0.1, 0.15) is 37.3 Å². The molecular weight excluding hydrogens is 362 g/mol. The summed E-state index contributed by atoms with van der Waals surface area (Å²) in [5.74, 6) is 1.07. The van der Waals surface area contributed by atoms with Crippen molar-refractivity contribution in [2.75, 3.05) is 27.4 Å². The van der Waals surface area contributed by atoms with Crippen LogP contribution < -0.4 is 20.8 Å². The van der Waals surface area contributed by atoms with Crippen molar-refractivity contribution in [2.24, 2.45) is 5.73 Å². The molecule has 0 spiro atoms. The van der Waals surface area contributed by atoms with Gasteiger partial charge in [-0.05, 0) is 35.7 Å². The molecule has 0 saturated heterocycles. The van der Waals surface area contributed by atoms with Gasteiger partial charge >= 0.3 is 5.63 Å². The standard InChI is InChI=1S/C21H27NO6/c1-13(2)16-10-15(12-19(22)23)21(24)28-20(16)14-6-7-17(26-4)18(11-14)27-9-5-8-25-3/h6-7,10-11,13H,5,8-9,12H2,1-4H3,(H2,22,23). The second-order valence-corrected chi connectivity index (χ2v) is 6.70. The highest BCUT2D eigenvalue weighted by Crippen LogP contribution is 2.35. The van der Waals surface area contributed by atoms with Crippen LogP contribution in [0, 0.1) is 0 Å². The summed E-state index contributed by atoms with van der Waals surface area (Å²) in [6, 6.07) is 7.05. The maximum absolute atomic E-state index is 12.3. The van der Waals surface area contributed by atoms with Crippen molar-refractivity contribution in [3.63, 3.8) is 0 Å². The topological polar surface area (TPSA) is 101 Å². The van der Waals surface area contributed by atoms with E-state index in [1.54, 1.807) is 38.5 Å². The Kier molecular flexibility index (Phi) is 7.63. The molecule has 1 heterocycles. The number of amides is 1. The first-order chi connectivity index (χ1) is 13.4. The molecule has 1 aromatic heterocycles. The molecule has 0 saturated carbocycles. The minimum atomic E-state index is -0.578. The molecule has 0 bridgehead atoms. The van der Waals surface area contributed by atoms with Crippen LogP contribution in [0.3, 0.4) is 0 Å². The molecular formula is C21H27NO6. The summed E-state index contributed by atoms with van der Waals surface area (Å²) in [5.41, 5.74) is 6.41. The Morgan fingerprint density at radius 3 is 2.50 bits per heavy atom. The van der Waals surface area contributed by atoms with E-state index < -0.39 is 11.5 Å². The first-order valence-electron chi connectivity index (χ1n) is 9.12. The first kappa shape index (κ1) is 21.5. The lowest BCUT2D eigenvalue weighted by Gasteiger charge is -2.15. The molecule has 7 heteroatoms. The van der Waals surface area contributed by atoms with Gasteiger partial charge in [-0.3, -0.25) is 4.79 Å². The minimum Gasteiger partial charge on any atom is -0.493 e. The van der Waals surface area contributed by atoms with Gasteiger partial charge in [-0.2, -0.15) is 0 Å². The van der Waals surface area contributed by atoms with Crippen LogP contribution >= 0.6 is 0 Å². The van der Waals surface area contributed by atoms with E-state index in [2.05, 4.69) is 0 Å². The van der Waals surface area contributed by atoms with Crippen LogP contribution in [0.2, 0.25) is 0 Å². The van der Waals surface area contributed by atoms with Gasteiger partial charge in [0, 0.05) is 31.3 Å². The van der Waals surface area contributed by atoms with Gasteiger partial charge in [-0.15, -0.1) is 0 Å². The summed E-state index contributed by atoms with van der Waals surface area (Å²) >= 11 is 0. The molecule has 0 aliphatic carbocycles. The first-order valence-corrected chi connectivity index (χ1v) is 9.12. The predicted molar refractivity (Wildman–Crippen MR) is 106 cm³/mol. The molecule has 1 aromatic carbocycles. The maximum Gasteiger partial charge on any atom is 0.339 e. The Labute approximate surface area is 164 Å². The van der Waals surface area contributed by atoms with Gasteiger partial charge in [-0.25, -0.2) is 4.79 Å². The normalized spacial score (nSPS) is 10.9. The monoisotopic (exact) mass is 389 g/mol. The number of hydrogen-bond donors (Lipinski definition) is 1. The molecule has 0 aliphatic rings. The van der Waals surface area contributed by atoms with Crippen LogP contribution in [0.25, 0.3) is 11.3 Å². The molecule has 2 rings (SSSR count). The van der Waals surface area contributed by atoms with Gasteiger partial charge in [0.15, 0.2) is 11.5 Å². The minimum absolute atomic E-state index is 0.0687. The lowest BCUT2D eigenvalue weighted by Crippen LogP contribution is -2.20. The summed E-state index contributed by atoms with van der Waals surface area (Å²) in [6.45, 7) is 5.03. The average Bonchev–Trinajstić information content (AvgIpc) is 2.66. The number of carbonyl (C=O) groups excluding carboxylic acids is 1. The lowest BCUT2D eigenvalue weighted by atomic mass is 9.96. The van der Waals surface area contributed by atoms with Crippen molar-refractivity contribution in [3.8, 4) is 22.8 Å². The number of primary amides is 1. The van der Waals surface area contributed by atoms with Crippen molar-refractivity contribution in [2.45, 2.75) is 32.6 Å². The van der Waals surface area contributed by atoms with Gasteiger partial charge in [0.2, 0.25) is 5.91 Å². The number of carbonyl (C=O) groups is 1. The Hall–Kier alpha value is -2.80. The lowest BCUT2D eigenvalue weighted by molar-refractivity contribution is -0.117. The third-order valence-corrected chi connectivity index (χ3v) is 4.21. The molecule has 0 aliphatic heterocycles. The molecule has 0 atom stereocenters. The number of benzene rings is 1. The van der Waals surface area contributed by atoms with Crippen LogP contribution in [-0.2, 0) is 16.0 Å². The molecule has 0 radical (unpaired) electrons. The SMILES string of the molecule is COCCCOc1cc(-c2oc(=O)c(CC(N)=O)cc2C(C)C)ccc1OC. The van der Waals surface area contributed by atoms with Gasteiger partial charge in [0.05, 0.1) is 20.1 Å². The summed E-state index contributed by atoms with van der Waals surface area (Å²) in [6.07, 6.45) is 0.580. The van der Waals surface area contributed by atoms with E-state index >= 15 is 0 Å². The Morgan fingerprint density at radius 1 is 1.14 bits per heavy atom. The fourth-order valence-electron chi connectivity index (χ4n) is 2.81. The van der Waals surface area contributed by atoms with Crippen molar-refractivity contribution in [1.29, 1.82) is 0 Å². The number of nitrogens with two attached hydrogens (primary N) is 1. The van der Waals surface area contributed by atoms with E-state index in [0.29, 0.717) is 36.0 Å². The number of ether oxygens (including phenoxy) is 3. The molecule has 2 N–H and O–H groups in total. The summed E-state index contributed by atoms with van der Waals surface area (Å²) in [7, 11) is 3.20. The third kappa shape index (κ3) is 5.36. The molecule has 28 heavy (non-hydrogen) atoms. The highest BCUT2D eigenvalue weighted by atomic mass is 16.5. The van der Waals surface area contributed by atoms with Crippen molar-refractivity contribution in [1.82, 2.24) is 0 Å². The molecule has 7 nitrogen and oxygen atoms in total. The Morgan fingerprint density at radius 2 is 1.89 bits per heavy atom. The van der Waals surface area contributed by atoms with Crippen LogP contribution in [0.15, 0.2) is 33.5 Å². The van der Waals surface area contributed by atoms with E-state index in [0.717, 1.165) is 12.0 Å². The largest absolute Gasteiger partial charge is 0.493 e. The number of rotatable bonds is 10. The molecule has 0 fully saturated rings. The zero-order valence-electron chi connectivity index (χ0n) is 16.7. The van der Waals surface area contributed by atoms with Crippen LogP contribution in [0.4, 0.5) is 0 Å². The zero-order chi connectivity index (χ0) is 20.7. The van der Waals surface area contributed by atoms with Crippen molar-refractivity contribution < 1.29 is 23.4 Å². The van der Waals surface area contributed by atoms with Crippen LogP contribution in [0.5, 0.6) is 11.5 Å². The van der Waals surface area contributed by atoms with Crippen LogP contribution in [-0.4, -0.2) is 33.3 Å². The second-order valence-electron chi connectivity index (χ2n) is 6.70. The molecule has 1 amide bonds. The van der Waals surface area contributed by atoms with E-state index in [-0.39, 0.29) is 17.9 Å². The van der Waals surface area contributed by atoms with E-state index in [4.69, 9.17) is 24.4 Å². The van der Waals surface area contributed by atoms with E-state index in [9.17, 15) is 9.59 Å². The summed E-state index contributed by atoms with van der Waals surface area (Å²) < 4.78 is 21.8. The third-order valence-electron chi connectivity index (χ3n) is 4.21. The highest BCUT2D eigenvalue weighted by molar-refractivity contribution is 5.76. The smallest absolute Gasteiger partial charge is 0.339 e. The van der Waals surface area contributed by atoms with Gasteiger partial charge in [0.1, 0.15) is 5.76 Å².